The topological polar surface area (TPSA) is 94.0 Å². The molecule has 0 amide bonds. The molecule has 1 heterocycles. The molecule has 1 rings (SSSR count). The van der Waals surface area contributed by atoms with Crippen LogP contribution in [-0.2, 0) is 11.2 Å². The lowest BCUT2D eigenvalue weighted by atomic mass is 9.74. The predicted octanol–water partition coefficient (Wildman–Crippen LogP) is 1.09. The second kappa shape index (κ2) is 5.48. The van der Waals surface area contributed by atoms with E-state index in [-0.39, 0.29) is 18.5 Å². The third-order valence-corrected chi connectivity index (χ3v) is 3.51. The van der Waals surface area contributed by atoms with Crippen molar-refractivity contribution in [1.29, 1.82) is 0 Å². The van der Waals surface area contributed by atoms with Crippen molar-refractivity contribution in [3.05, 3.63) is 12.2 Å². The molecule has 0 bridgehead atoms. The van der Waals surface area contributed by atoms with E-state index in [0.29, 0.717) is 12.2 Å². The predicted molar refractivity (Wildman–Crippen MR) is 68.1 cm³/mol. The van der Waals surface area contributed by atoms with E-state index in [4.69, 9.17) is 5.73 Å². The van der Waals surface area contributed by atoms with Crippen LogP contribution in [0.5, 0.6) is 0 Å². The summed E-state index contributed by atoms with van der Waals surface area (Å²) in [6, 6.07) is 0.152. The Balaban J connectivity index is 3.11. The van der Waals surface area contributed by atoms with Crippen molar-refractivity contribution in [2.45, 2.75) is 40.2 Å². The fourth-order valence-corrected chi connectivity index (χ4v) is 2.04. The number of aliphatic carboxylic acids is 1. The minimum atomic E-state index is -0.986. The Morgan fingerprint density at radius 2 is 2.11 bits per heavy atom. The zero-order valence-corrected chi connectivity index (χ0v) is 11.4. The first-order valence-electron chi connectivity index (χ1n) is 6.17. The van der Waals surface area contributed by atoms with E-state index in [0.717, 1.165) is 0 Å². The van der Waals surface area contributed by atoms with Crippen LogP contribution in [0.15, 0.2) is 6.33 Å². The first kappa shape index (κ1) is 14.6. The van der Waals surface area contributed by atoms with E-state index < -0.39 is 11.4 Å². The number of hydrogen-bond donors (Lipinski definition) is 2. The molecule has 1 atom stereocenters. The number of carboxylic acids is 1. The van der Waals surface area contributed by atoms with Gasteiger partial charge in [0.15, 0.2) is 0 Å². The molecule has 102 valence electrons. The van der Waals surface area contributed by atoms with E-state index in [9.17, 15) is 9.90 Å². The summed E-state index contributed by atoms with van der Waals surface area (Å²) >= 11 is 0. The molecule has 0 fully saturated rings. The van der Waals surface area contributed by atoms with Gasteiger partial charge < -0.3 is 10.8 Å². The van der Waals surface area contributed by atoms with Gasteiger partial charge in [0.2, 0.25) is 0 Å². The van der Waals surface area contributed by atoms with Crippen molar-refractivity contribution in [3.63, 3.8) is 0 Å². The number of nitrogens with two attached hydrogens (primary N) is 1. The summed E-state index contributed by atoms with van der Waals surface area (Å²) in [4.78, 5) is 15.7. The number of hydrogen-bond acceptors (Lipinski definition) is 4. The number of carboxylic acid groups (broad SMARTS) is 1. The molecule has 1 unspecified atom stereocenters. The van der Waals surface area contributed by atoms with E-state index in [2.05, 4.69) is 10.1 Å². The normalized spacial score (nSPS) is 15.1. The Labute approximate surface area is 107 Å². The lowest BCUT2D eigenvalue weighted by molar-refractivity contribution is -0.151. The first-order valence-corrected chi connectivity index (χ1v) is 6.17. The molecule has 6 nitrogen and oxygen atoms in total. The molecule has 0 aliphatic carbocycles. The summed E-state index contributed by atoms with van der Waals surface area (Å²) < 4.78 is 1.75. The summed E-state index contributed by atoms with van der Waals surface area (Å²) in [5.74, 6) is -0.276. The molecular formula is C12H22N4O2. The van der Waals surface area contributed by atoms with Gasteiger partial charge in [0, 0.05) is 19.0 Å². The molecule has 18 heavy (non-hydrogen) atoms. The summed E-state index contributed by atoms with van der Waals surface area (Å²) in [7, 11) is 0. The molecule has 0 aromatic carbocycles. The van der Waals surface area contributed by atoms with Crippen LogP contribution >= 0.6 is 0 Å². The Kier molecular flexibility index (Phi) is 4.45. The Morgan fingerprint density at radius 3 is 2.50 bits per heavy atom. The minimum absolute atomic E-state index is 0.0719. The lowest BCUT2D eigenvalue weighted by Gasteiger charge is -2.31. The maximum Gasteiger partial charge on any atom is 0.311 e. The second-order valence-electron chi connectivity index (χ2n) is 5.21. The number of carbonyl (C=O) groups is 1. The van der Waals surface area contributed by atoms with Crippen molar-refractivity contribution >= 4 is 5.97 Å². The van der Waals surface area contributed by atoms with Gasteiger partial charge in [-0.25, -0.2) is 9.67 Å². The maximum absolute atomic E-state index is 11.6. The van der Waals surface area contributed by atoms with Gasteiger partial charge in [-0.3, -0.25) is 4.79 Å². The van der Waals surface area contributed by atoms with Crippen LogP contribution in [0, 0.1) is 11.3 Å². The third kappa shape index (κ3) is 2.53. The maximum atomic E-state index is 11.6. The molecule has 0 saturated carbocycles. The standard InChI is InChI=1S/C12H22N4O2/c1-8(2)12(6-13,11(17)18)5-10-14-7-15-16(10)9(3)4/h7-9H,5-6,13H2,1-4H3,(H,17,18). The second-order valence-corrected chi connectivity index (χ2v) is 5.21. The van der Waals surface area contributed by atoms with Crippen LogP contribution in [0.4, 0.5) is 0 Å². The van der Waals surface area contributed by atoms with E-state index in [1.54, 1.807) is 4.68 Å². The highest BCUT2D eigenvalue weighted by Crippen LogP contribution is 2.31. The molecule has 3 N–H and O–H groups in total. The van der Waals surface area contributed by atoms with E-state index in [1.165, 1.54) is 6.33 Å². The van der Waals surface area contributed by atoms with Crippen molar-refractivity contribution in [3.8, 4) is 0 Å². The molecular weight excluding hydrogens is 232 g/mol. The van der Waals surface area contributed by atoms with E-state index in [1.807, 2.05) is 27.7 Å². The third-order valence-electron chi connectivity index (χ3n) is 3.51. The number of nitrogens with zero attached hydrogens (tertiary/aromatic N) is 3. The highest BCUT2D eigenvalue weighted by atomic mass is 16.4. The zero-order valence-electron chi connectivity index (χ0n) is 11.4. The Bertz CT molecular complexity index is 414. The summed E-state index contributed by atoms with van der Waals surface area (Å²) in [5.41, 5.74) is 4.73. The molecule has 0 aliphatic heterocycles. The summed E-state index contributed by atoms with van der Waals surface area (Å²) in [5, 5.41) is 13.6. The summed E-state index contributed by atoms with van der Waals surface area (Å²) in [6.45, 7) is 7.80. The van der Waals surface area contributed by atoms with Crippen LogP contribution in [0.25, 0.3) is 0 Å². The van der Waals surface area contributed by atoms with Crippen molar-refractivity contribution < 1.29 is 9.90 Å². The molecule has 0 radical (unpaired) electrons. The molecule has 1 aromatic rings. The summed E-state index contributed by atoms with van der Waals surface area (Å²) in [6.07, 6.45) is 1.76. The van der Waals surface area contributed by atoms with Gasteiger partial charge in [0.05, 0.1) is 5.41 Å². The molecule has 6 heteroatoms. The first-order chi connectivity index (χ1) is 8.35. The van der Waals surface area contributed by atoms with Crippen LogP contribution < -0.4 is 5.73 Å². The highest BCUT2D eigenvalue weighted by Gasteiger charge is 2.42. The zero-order chi connectivity index (χ0) is 13.9. The molecule has 0 spiro atoms. The van der Waals surface area contributed by atoms with Crippen LogP contribution in [0.3, 0.4) is 0 Å². The van der Waals surface area contributed by atoms with Gasteiger partial charge in [-0.2, -0.15) is 5.10 Å². The van der Waals surface area contributed by atoms with Crippen molar-refractivity contribution in [2.75, 3.05) is 6.54 Å². The Hall–Kier alpha value is -1.43. The van der Waals surface area contributed by atoms with Gasteiger partial charge in [-0.05, 0) is 19.8 Å². The van der Waals surface area contributed by atoms with Gasteiger partial charge in [0.1, 0.15) is 12.2 Å². The molecule has 0 saturated heterocycles. The lowest BCUT2D eigenvalue weighted by Crippen LogP contribution is -2.45. The fraction of sp³-hybridized carbons (Fsp3) is 0.750. The average molecular weight is 254 g/mol. The minimum Gasteiger partial charge on any atom is -0.481 e. The van der Waals surface area contributed by atoms with Gasteiger partial charge >= 0.3 is 5.97 Å². The quantitative estimate of drug-likeness (QED) is 0.792. The van der Waals surface area contributed by atoms with Gasteiger partial charge in [-0.1, -0.05) is 13.8 Å². The Morgan fingerprint density at radius 1 is 1.50 bits per heavy atom. The van der Waals surface area contributed by atoms with Crippen molar-refractivity contribution in [1.82, 2.24) is 14.8 Å². The van der Waals surface area contributed by atoms with Crippen molar-refractivity contribution in [2.24, 2.45) is 17.1 Å². The fourth-order valence-electron chi connectivity index (χ4n) is 2.04. The van der Waals surface area contributed by atoms with Gasteiger partial charge in [-0.15, -0.1) is 0 Å². The average Bonchev–Trinajstić information content (AvgIpc) is 2.72. The smallest absolute Gasteiger partial charge is 0.311 e. The monoisotopic (exact) mass is 254 g/mol. The number of aromatic nitrogens is 3. The highest BCUT2D eigenvalue weighted by molar-refractivity contribution is 5.75. The molecule has 1 aromatic heterocycles. The van der Waals surface area contributed by atoms with Gasteiger partial charge in [0.25, 0.3) is 0 Å². The molecule has 0 aliphatic rings. The SMILES string of the molecule is CC(C)n1ncnc1CC(CN)(C(=O)O)C(C)C. The number of rotatable bonds is 6. The largest absolute Gasteiger partial charge is 0.481 e. The van der Waals surface area contributed by atoms with Crippen LogP contribution in [0.2, 0.25) is 0 Å². The van der Waals surface area contributed by atoms with Crippen LogP contribution in [-0.4, -0.2) is 32.4 Å². The van der Waals surface area contributed by atoms with Crippen LogP contribution in [0.1, 0.15) is 39.6 Å². The van der Waals surface area contributed by atoms with E-state index >= 15 is 0 Å².